The Kier molecular flexibility index (Phi) is 6.33. The number of hydrogen-bond donors (Lipinski definition) is 1. The molecular formula is C8H12Br2N2O2. The summed E-state index contributed by atoms with van der Waals surface area (Å²) in [5.74, 6) is -0.233. The van der Waals surface area contributed by atoms with Gasteiger partial charge in [0, 0.05) is 12.4 Å². The predicted molar refractivity (Wildman–Crippen MR) is 60.5 cm³/mol. The van der Waals surface area contributed by atoms with Gasteiger partial charge in [0.25, 0.3) is 0 Å². The summed E-state index contributed by atoms with van der Waals surface area (Å²) in [6.07, 6.45) is 0. The minimum absolute atomic E-state index is 0.164. The summed E-state index contributed by atoms with van der Waals surface area (Å²) in [7, 11) is 1.48. The van der Waals surface area contributed by atoms with E-state index in [9.17, 15) is 4.79 Å². The molecule has 0 saturated carbocycles. The van der Waals surface area contributed by atoms with E-state index in [0.29, 0.717) is 5.33 Å². The van der Waals surface area contributed by atoms with Crippen LogP contribution in [0.1, 0.15) is 6.92 Å². The average Bonchev–Trinajstić information content (AvgIpc) is 2.16. The lowest BCUT2D eigenvalue weighted by Gasteiger charge is -2.23. The molecular weight excluding hydrogens is 316 g/mol. The first-order valence-corrected chi connectivity index (χ1v) is 5.95. The van der Waals surface area contributed by atoms with Crippen molar-refractivity contribution in [3.8, 4) is 6.07 Å². The Labute approximate surface area is 100 Å². The van der Waals surface area contributed by atoms with E-state index in [-0.39, 0.29) is 17.3 Å². The zero-order valence-electron chi connectivity index (χ0n) is 8.01. The summed E-state index contributed by atoms with van der Waals surface area (Å²) in [6.45, 7) is 1.78. The number of nitriles is 1. The lowest BCUT2D eigenvalue weighted by Crippen LogP contribution is -2.50. The van der Waals surface area contributed by atoms with Crippen LogP contribution in [0.15, 0.2) is 0 Å². The summed E-state index contributed by atoms with van der Waals surface area (Å²) < 4.78 is 4.85. The van der Waals surface area contributed by atoms with Crippen molar-refractivity contribution in [2.45, 2.75) is 17.3 Å². The maximum Gasteiger partial charge on any atom is 0.235 e. The van der Waals surface area contributed by atoms with Crippen molar-refractivity contribution in [1.82, 2.24) is 5.32 Å². The summed E-state index contributed by atoms with van der Waals surface area (Å²) in [5.41, 5.74) is -0.972. The van der Waals surface area contributed by atoms with Crippen molar-refractivity contribution in [1.29, 1.82) is 5.26 Å². The second-order valence-electron chi connectivity index (χ2n) is 2.99. The Hall–Kier alpha value is -0.120. The molecule has 2 unspecified atom stereocenters. The van der Waals surface area contributed by atoms with E-state index in [1.807, 2.05) is 6.07 Å². The van der Waals surface area contributed by atoms with Crippen LogP contribution in [0.2, 0.25) is 0 Å². The van der Waals surface area contributed by atoms with Gasteiger partial charge in [-0.2, -0.15) is 5.26 Å². The summed E-state index contributed by atoms with van der Waals surface area (Å²) in [4.78, 5) is 11.1. The maximum absolute atomic E-state index is 11.4. The Bertz CT molecular complexity index is 242. The van der Waals surface area contributed by atoms with Gasteiger partial charge in [-0.3, -0.25) is 4.79 Å². The van der Waals surface area contributed by atoms with Gasteiger partial charge in [-0.05, 0) is 6.92 Å². The van der Waals surface area contributed by atoms with Gasteiger partial charge in [0.2, 0.25) is 5.91 Å². The molecule has 0 saturated heterocycles. The Balaban J connectivity index is 4.33. The molecule has 0 radical (unpaired) electrons. The highest BCUT2D eigenvalue weighted by molar-refractivity contribution is 9.12. The maximum atomic E-state index is 11.4. The van der Waals surface area contributed by atoms with E-state index in [2.05, 4.69) is 37.2 Å². The smallest absolute Gasteiger partial charge is 0.235 e. The van der Waals surface area contributed by atoms with Gasteiger partial charge >= 0.3 is 0 Å². The first kappa shape index (κ1) is 13.9. The van der Waals surface area contributed by atoms with Crippen molar-refractivity contribution in [2.24, 2.45) is 0 Å². The SMILES string of the molecule is COCC(C)(C#N)NC(=O)C(Br)CBr. The standard InChI is InChI=1S/C8H12Br2N2O2/c1-8(4-11,5-14-2)12-7(13)6(10)3-9/h6H,3,5H2,1-2H3,(H,12,13). The highest BCUT2D eigenvalue weighted by Gasteiger charge is 2.28. The summed E-state index contributed by atoms with van der Waals surface area (Å²) >= 11 is 6.33. The number of alkyl halides is 2. The lowest BCUT2D eigenvalue weighted by atomic mass is 10.1. The van der Waals surface area contributed by atoms with Gasteiger partial charge in [0.05, 0.1) is 12.7 Å². The molecule has 80 valence electrons. The van der Waals surface area contributed by atoms with E-state index in [1.54, 1.807) is 6.92 Å². The third kappa shape index (κ3) is 4.40. The zero-order chi connectivity index (χ0) is 11.2. The quantitative estimate of drug-likeness (QED) is 0.771. The van der Waals surface area contributed by atoms with Crippen LogP contribution < -0.4 is 5.32 Å². The summed E-state index contributed by atoms with van der Waals surface area (Å²) in [6, 6.07) is 2.00. The van der Waals surface area contributed by atoms with Gasteiger partial charge in [0.1, 0.15) is 10.4 Å². The molecule has 14 heavy (non-hydrogen) atoms. The molecule has 0 heterocycles. The molecule has 0 aliphatic heterocycles. The van der Waals surface area contributed by atoms with E-state index in [0.717, 1.165) is 0 Å². The molecule has 0 aromatic heterocycles. The fourth-order valence-electron chi connectivity index (χ4n) is 0.805. The van der Waals surface area contributed by atoms with Crippen LogP contribution in [-0.2, 0) is 9.53 Å². The van der Waals surface area contributed by atoms with Crippen molar-refractivity contribution >= 4 is 37.8 Å². The number of nitrogens with one attached hydrogen (secondary N) is 1. The molecule has 0 aliphatic carbocycles. The molecule has 0 aromatic carbocycles. The number of hydrogen-bond acceptors (Lipinski definition) is 3. The van der Waals surface area contributed by atoms with Crippen LogP contribution in [0, 0.1) is 11.3 Å². The fraction of sp³-hybridized carbons (Fsp3) is 0.750. The third-order valence-corrected chi connectivity index (χ3v) is 3.75. The van der Waals surface area contributed by atoms with Crippen molar-refractivity contribution in [2.75, 3.05) is 19.0 Å². The van der Waals surface area contributed by atoms with Gasteiger partial charge in [-0.1, -0.05) is 31.9 Å². The van der Waals surface area contributed by atoms with Gasteiger partial charge in [0.15, 0.2) is 0 Å². The van der Waals surface area contributed by atoms with Crippen LogP contribution >= 0.6 is 31.9 Å². The number of carbonyl (C=O) groups is 1. The number of amides is 1. The number of rotatable bonds is 5. The average molecular weight is 328 g/mol. The van der Waals surface area contributed by atoms with E-state index >= 15 is 0 Å². The van der Waals surface area contributed by atoms with E-state index < -0.39 is 5.54 Å². The van der Waals surface area contributed by atoms with Gasteiger partial charge < -0.3 is 10.1 Å². The molecule has 4 nitrogen and oxygen atoms in total. The van der Waals surface area contributed by atoms with Crippen LogP contribution in [0.4, 0.5) is 0 Å². The first-order valence-electron chi connectivity index (χ1n) is 3.91. The van der Waals surface area contributed by atoms with Crippen LogP contribution in [-0.4, -0.2) is 35.3 Å². The minimum Gasteiger partial charge on any atom is -0.381 e. The fourth-order valence-corrected chi connectivity index (χ4v) is 1.21. The van der Waals surface area contributed by atoms with E-state index in [1.165, 1.54) is 7.11 Å². The number of ether oxygens (including phenoxy) is 1. The van der Waals surface area contributed by atoms with E-state index in [4.69, 9.17) is 10.00 Å². The molecule has 0 bridgehead atoms. The van der Waals surface area contributed by atoms with Gasteiger partial charge in [-0.15, -0.1) is 0 Å². The molecule has 2 atom stereocenters. The first-order chi connectivity index (χ1) is 6.49. The Morgan fingerprint density at radius 3 is 2.71 bits per heavy atom. The number of nitrogens with zero attached hydrogens (tertiary/aromatic N) is 1. The molecule has 0 aromatic rings. The summed E-state index contributed by atoms with van der Waals surface area (Å²) in [5, 5.41) is 11.9. The van der Waals surface area contributed by atoms with Crippen molar-refractivity contribution in [3.05, 3.63) is 0 Å². The van der Waals surface area contributed by atoms with Gasteiger partial charge in [-0.25, -0.2) is 0 Å². The zero-order valence-corrected chi connectivity index (χ0v) is 11.2. The minimum atomic E-state index is -0.972. The number of carbonyl (C=O) groups excluding carboxylic acids is 1. The molecule has 6 heteroatoms. The predicted octanol–water partition coefficient (Wildman–Crippen LogP) is 1.19. The molecule has 0 aliphatic rings. The Morgan fingerprint density at radius 2 is 2.36 bits per heavy atom. The Morgan fingerprint density at radius 1 is 1.79 bits per heavy atom. The highest BCUT2D eigenvalue weighted by Crippen LogP contribution is 2.08. The second kappa shape index (κ2) is 6.38. The third-order valence-electron chi connectivity index (χ3n) is 1.50. The largest absolute Gasteiger partial charge is 0.381 e. The second-order valence-corrected chi connectivity index (χ2v) is 4.74. The van der Waals surface area contributed by atoms with Crippen molar-refractivity contribution < 1.29 is 9.53 Å². The number of methoxy groups -OCH3 is 1. The van der Waals surface area contributed by atoms with Crippen LogP contribution in [0.25, 0.3) is 0 Å². The lowest BCUT2D eigenvalue weighted by molar-refractivity contribution is -0.121. The monoisotopic (exact) mass is 326 g/mol. The highest BCUT2D eigenvalue weighted by atomic mass is 79.9. The molecule has 1 N–H and O–H groups in total. The normalized spacial score (nSPS) is 16.5. The van der Waals surface area contributed by atoms with Crippen LogP contribution in [0.3, 0.4) is 0 Å². The molecule has 1 amide bonds. The number of halogens is 2. The molecule has 0 fully saturated rings. The molecule has 0 rings (SSSR count). The topological polar surface area (TPSA) is 62.1 Å². The van der Waals surface area contributed by atoms with Crippen LogP contribution in [0.5, 0.6) is 0 Å². The van der Waals surface area contributed by atoms with Crippen molar-refractivity contribution in [3.63, 3.8) is 0 Å². The molecule has 0 spiro atoms.